The maximum absolute atomic E-state index is 12.9. The molecule has 1 aromatic carbocycles. The summed E-state index contributed by atoms with van der Waals surface area (Å²) in [6.45, 7) is 0. The minimum atomic E-state index is 0.0392. The van der Waals surface area contributed by atoms with Gasteiger partial charge in [0, 0.05) is 18.0 Å². The van der Waals surface area contributed by atoms with Crippen LogP contribution in [0, 0.1) is 17.8 Å². The number of ketones is 1. The molecule has 1 saturated carbocycles. The fraction of sp³-hybridized carbons (Fsp3) is 0.263. The van der Waals surface area contributed by atoms with Gasteiger partial charge in [0.25, 0.3) is 0 Å². The number of pyridine rings is 1. The summed E-state index contributed by atoms with van der Waals surface area (Å²) >= 11 is 0. The van der Waals surface area contributed by atoms with Crippen LogP contribution in [0.1, 0.15) is 28.4 Å². The molecule has 0 amide bonds. The van der Waals surface area contributed by atoms with E-state index >= 15 is 0 Å². The van der Waals surface area contributed by atoms with Gasteiger partial charge < -0.3 is 0 Å². The Bertz CT molecular complexity index is 677. The summed E-state index contributed by atoms with van der Waals surface area (Å²) in [5.41, 5.74) is 1.88. The molecule has 1 aromatic heterocycles. The number of aromatic nitrogens is 1. The Morgan fingerprint density at radius 1 is 0.952 bits per heavy atom. The maximum Gasteiger partial charge on any atom is 0.185 e. The molecule has 2 heteroatoms. The highest BCUT2D eigenvalue weighted by atomic mass is 16.1. The molecule has 0 saturated heterocycles. The van der Waals surface area contributed by atoms with Gasteiger partial charge in [-0.05, 0) is 36.0 Å². The van der Waals surface area contributed by atoms with Crippen molar-refractivity contribution >= 4 is 5.78 Å². The number of hydrogen-bond acceptors (Lipinski definition) is 2. The van der Waals surface area contributed by atoms with E-state index in [1.54, 1.807) is 6.20 Å². The zero-order valence-corrected chi connectivity index (χ0v) is 11.7. The number of nitrogens with zero attached hydrogens (tertiary/aromatic N) is 1. The smallest absolute Gasteiger partial charge is 0.185 e. The van der Waals surface area contributed by atoms with E-state index in [1.165, 1.54) is 5.56 Å². The monoisotopic (exact) mass is 275 g/mol. The molecule has 2 nitrogen and oxygen atoms in total. The largest absolute Gasteiger partial charge is 0.292 e. The number of fused-ring (bicyclic) bond motifs is 2. The molecular weight excluding hydrogens is 258 g/mol. The lowest BCUT2D eigenvalue weighted by Crippen LogP contribution is -2.27. The molecule has 2 aliphatic rings. The molecule has 2 aliphatic carbocycles. The van der Waals surface area contributed by atoms with E-state index in [2.05, 4.69) is 41.4 Å². The molecule has 104 valence electrons. The van der Waals surface area contributed by atoms with Crippen molar-refractivity contribution in [1.29, 1.82) is 0 Å². The van der Waals surface area contributed by atoms with E-state index in [1.807, 2.05) is 24.3 Å². The molecule has 0 N–H and O–H groups in total. The first-order valence-electron chi connectivity index (χ1n) is 7.53. The average Bonchev–Trinajstić information content (AvgIpc) is 3.17. The SMILES string of the molecule is O=C(c1ccccn1)[C@@H]1C2C=CC(C2)C1c1ccccc1. The lowest BCUT2D eigenvalue weighted by Gasteiger charge is -2.27. The lowest BCUT2D eigenvalue weighted by atomic mass is 9.75. The van der Waals surface area contributed by atoms with Crippen LogP contribution in [0.5, 0.6) is 0 Å². The maximum atomic E-state index is 12.9. The minimum absolute atomic E-state index is 0.0392. The summed E-state index contributed by atoms with van der Waals surface area (Å²) in [6, 6.07) is 16.0. The predicted octanol–water partition coefficient (Wildman–Crippen LogP) is 3.87. The number of hydrogen-bond donors (Lipinski definition) is 0. The van der Waals surface area contributed by atoms with Gasteiger partial charge in [0.2, 0.25) is 0 Å². The Hall–Kier alpha value is -2.22. The standard InChI is InChI=1S/C19H17NO/c21-19(16-8-4-5-11-20-16)18-15-10-9-14(12-15)17(18)13-6-2-1-3-7-13/h1-11,14-15,17-18H,12H2/t14?,15?,17?,18-/m1/s1. The van der Waals surface area contributed by atoms with E-state index in [9.17, 15) is 4.79 Å². The summed E-state index contributed by atoms with van der Waals surface area (Å²) in [6.07, 6.45) is 7.33. The molecule has 21 heavy (non-hydrogen) atoms. The van der Waals surface area contributed by atoms with Crippen LogP contribution in [0.15, 0.2) is 66.9 Å². The van der Waals surface area contributed by atoms with Crippen LogP contribution in [-0.2, 0) is 0 Å². The zero-order chi connectivity index (χ0) is 14.2. The van der Waals surface area contributed by atoms with Crippen molar-refractivity contribution in [1.82, 2.24) is 4.98 Å². The number of benzene rings is 1. The van der Waals surface area contributed by atoms with E-state index in [0.717, 1.165) is 6.42 Å². The molecule has 1 fully saturated rings. The van der Waals surface area contributed by atoms with Gasteiger partial charge in [0.1, 0.15) is 5.69 Å². The Morgan fingerprint density at radius 2 is 1.71 bits per heavy atom. The van der Waals surface area contributed by atoms with Crippen molar-refractivity contribution in [2.24, 2.45) is 17.8 Å². The number of Topliss-reactive ketones (excluding diaryl/α,β-unsaturated/α-hetero) is 1. The van der Waals surface area contributed by atoms with Crippen LogP contribution in [0.4, 0.5) is 0 Å². The third-order valence-electron chi connectivity index (χ3n) is 4.86. The van der Waals surface area contributed by atoms with Gasteiger partial charge in [-0.3, -0.25) is 9.78 Å². The number of carbonyl (C=O) groups is 1. The molecule has 2 bridgehead atoms. The molecule has 1 heterocycles. The van der Waals surface area contributed by atoms with Gasteiger partial charge in [0.15, 0.2) is 5.78 Å². The fourth-order valence-corrected chi connectivity index (χ4v) is 3.99. The highest BCUT2D eigenvalue weighted by molar-refractivity contribution is 5.97. The van der Waals surface area contributed by atoms with Crippen LogP contribution < -0.4 is 0 Å². The third kappa shape index (κ3) is 2.02. The summed E-state index contributed by atoms with van der Waals surface area (Å²) in [4.78, 5) is 17.2. The second kappa shape index (κ2) is 4.96. The molecule has 0 aliphatic heterocycles. The predicted molar refractivity (Wildman–Crippen MR) is 82.0 cm³/mol. The van der Waals surface area contributed by atoms with Gasteiger partial charge in [-0.15, -0.1) is 0 Å². The molecule has 4 atom stereocenters. The molecule has 4 rings (SSSR count). The second-order valence-corrected chi connectivity index (χ2v) is 5.99. The van der Waals surface area contributed by atoms with Crippen molar-refractivity contribution in [2.75, 3.05) is 0 Å². The number of carbonyl (C=O) groups excluding carboxylic acids is 1. The van der Waals surface area contributed by atoms with Crippen molar-refractivity contribution in [3.63, 3.8) is 0 Å². The van der Waals surface area contributed by atoms with Gasteiger partial charge in [0.05, 0.1) is 0 Å². The van der Waals surface area contributed by atoms with E-state index in [4.69, 9.17) is 0 Å². The average molecular weight is 275 g/mol. The van der Waals surface area contributed by atoms with Crippen molar-refractivity contribution in [3.8, 4) is 0 Å². The summed E-state index contributed by atoms with van der Waals surface area (Å²) in [5, 5.41) is 0. The number of allylic oxidation sites excluding steroid dienone is 2. The Labute approximate surface area is 124 Å². The summed E-state index contributed by atoms with van der Waals surface area (Å²) in [7, 11) is 0. The van der Waals surface area contributed by atoms with Crippen molar-refractivity contribution in [2.45, 2.75) is 12.3 Å². The quantitative estimate of drug-likeness (QED) is 0.628. The Kier molecular flexibility index (Phi) is 2.95. The van der Waals surface area contributed by atoms with Gasteiger partial charge in [-0.2, -0.15) is 0 Å². The van der Waals surface area contributed by atoms with Crippen LogP contribution in [0.3, 0.4) is 0 Å². The summed E-state index contributed by atoms with van der Waals surface area (Å²) < 4.78 is 0. The van der Waals surface area contributed by atoms with Crippen molar-refractivity contribution < 1.29 is 4.79 Å². The first-order chi connectivity index (χ1) is 10.3. The fourth-order valence-electron chi connectivity index (χ4n) is 3.99. The van der Waals surface area contributed by atoms with Gasteiger partial charge >= 0.3 is 0 Å². The lowest BCUT2D eigenvalue weighted by molar-refractivity contribution is 0.0881. The van der Waals surface area contributed by atoms with Gasteiger partial charge in [-0.25, -0.2) is 0 Å². The van der Waals surface area contributed by atoms with E-state index in [-0.39, 0.29) is 11.7 Å². The minimum Gasteiger partial charge on any atom is -0.292 e. The summed E-state index contributed by atoms with van der Waals surface area (Å²) in [5.74, 6) is 1.40. The van der Waals surface area contributed by atoms with Crippen LogP contribution >= 0.6 is 0 Å². The first-order valence-corrected chi connectivity index (χ1v) is 7.53. The Balaban J connectivity index is 1.73. The van der Waals surface area contributed by atoms with E-state index in [0.29, 0.717) is 23.4 Å². The van der Waals surface area contributed by atoms with Crippen LogP contribution in [0.2, 0.25) is 0 Å². The van der Waals surface area contributed by atoms with Crippen molar-refractivity contribution in [3.05, 3.63) is 78.1 Å². The van der Waals surface area contributed by atoms with E-state index < -0.39 is 0 Å². The highest BCUT2D eigenvalue weighted by Crippen LogP contribution is 2.53. The highest BCUT2D eigenvalue weighted by Gasteiger charge is 2.48. The normalized spacial score (nSPS) is 29.7. The molecular formula is C19H17NO. The third-order valence-corrected chi connectivity index (χ3v) is 4.86. The zero-order valence-electron chi connectivity index (χ0n) is 11.7. The van der Waals surface area contributed by atoms with Crippen LogP contribution in [0.25, 0.3) is 0 Å². The van der Waals surface area contributed by atoms with Crippen LogP contribution in [-0.4, -0.2) is 10.8 Å². The molecule has 0 radical (unpaired) electrons. The topological polar surface area (TPSA) is 30.0 Å². The Morgan fingerprint density at radius 3 is 2.48 bits per heavy atom. The first kappa shape index (κ1) is 12.5. The molecule has 2 aromatic rings. The molecule has 0 spiro atoms. The molecule has 3 unspecified atom stereocenters. The second-order valence-electron chi connectivity index (χ2n) is 5.99. The van der Waals surface area contributed by atoms with Gasteiger partial charge in [-0.1, -0.05) is 48.6 Å². The number of rotatable bonds is 3.